The Labute approximate surface area is 98.4 Å². The number of hydrogen-bond acceptors (Lipinski definition) is 2. The van der Waals surface area contributed by atoms with Crippen molar-refractivity contribution in [2.75, 3.05) is 0 Å². The smallest absolute Gasteiger partial charge is 0.379 e. The molecule has 0 spiro atoms. The predicted molar refractivity (Wildman–Crippen MR) is 61.2 cm³/mol. The molecule has 0 saturated heterocycles. The fraction of sp³-hybridized carbons (Fsp3) is 0.0833. The third kappa shape index (κ3) is 2.64. The van der Waals surface area contributed by atoms with Gasteiger partial charge in [-0.1, -0.05) is 23.7 Å². The number of halogens is 1. The average molecular weight is 236 g/mol. The summed E-state index contributed by atoms with van der Waals surface area (Å²) < 4.78 is 6.06. The quantitative estimate of drug-likeness (QED) is 0.606. The number of nitrogens with zero attached hydrogens (tertiary/aromatic N) is 1. The highest BCUT2D eigenvalue weighted by atomic mass is 35.5. The Bertz CT molecular complexity index is 471. The molecule has 3 nitrogen and oxygen atoms in total. The lowest BCUT2D eigenvalue weighted by Crippen LogP contribution is -2.27. The summed E-state index contributed by atoms with van der Waals surface area (Å²) in [6.07, 6.45) is 1.40. The molecule has 0 unspecified atom stereocenters. The number of benzene rings is 1. The summed E-state index contributed by atoms with van der Waals surface area (Å²) >= 11 is 5.76. The van der Waals surface area contributed by atoms with Crippen LogP contribution < -0.4 is 9.47 Å². The molecule has 0 N–H and O–H groups in total. The Morgan fingerprint density at radius 2 is 1.88 bits per heavy atom. The van der Waals surface area contributed by atoms with Gasteiger partial charge in [0.1, 0.15) is 6.61 Å². The monoisotopic (exact) mass is 235 g/mol. The highest BCUT2D eigenvalue weighted by Crippen LogP contribution is 2.11. The Kier molecular flexibility index (Phi) is 3.27. The fourth-order valence-electron chi connectivity index (χ4n) is 1.26. The molecule has 2 rings (SSSR count). The summed E-state index contributed by atoms with van der Waals surface area (Å²) in [5.74, 6) is 0.289. The highest BCUT2D eigenvalue weighted by Gasteiger charge is 2.04. The van der Waals surface area contributed by atoms with Gasteiger partial charge >= 0.3 is 5.88 Å². The van der Waals surface area contributed by atoms with Crippen molar-refractivity contribution in [3.63, 3.8) is 0 Å². The molecule has 0 fully saturated rings. The molecule has 0 amide bonds. The fourth-order valence-corrected chi connectivity index (χ4v) is 1.39. The minimum Gasteiger partial charge on any atom is -0.616 e. The first-order chi connectivity index (χ1) is 7.75. The molecule has 82 valence electrons. The Morgan fingerprint density at radius 1 is 1.12 bits per heavy atom. The molecule has 0 aliphatic heterocycles. The van der Waals surface area contributed by atoms with E-state index in [2.05, 4.69) is 0 Å². The molecular formula is C12H10ClNO2. The summed E-state index contributed by atoms with van der Waals surface area (Å²) in [6.45, 7) is 0.351. The zero-order chi connectivity index (χ0) is 11.4. The van der Waals surface area contributed by atoms with Crippen LogP contribution in [0.3, 0.4) is 0 Å². The molecule has 4 heteroatoms. The minimum absolute atomic E-state index is 0.289. The standard InChI is InChI=1S/C12H10ClNO2/c13-11-6-4-10(5-7-11)9-16-12-3-1-2-8-14(12)15/h1-8H,9H2. The van der Waals surface area contributed by atoms with Gasteiger partial charge < -0.3 is 9.94 Å². The molecular weight excluding hydrogens is 226 g/mol. The van der Waals surface area contributed by atoms with Crippen molar-refractivity contribution in [3.05, 3.63) is 64.5 Å². The van der Waals surface area contributed by atoms with E-state index in [1.807, 2.05) is 12.1 Å². The van der Waals surface area contributed by atoms with Crippen LogP contribution >= 0.6 is 11.6 Å². The predicted octanol–water partition coefficient (Wildman–Crippen LogP) is 2.55. The molecule has 1 aromatic heterocycles. The van der Waals surface area contributed by atoms with Crippen LogP contribution in [-0.4, -0.2) is 0 Å². The number of pyridine rings is 1. The minimum atomic E-state index is 0.289. The molecule has 0 saturated carbocycles. The first-order valence-corrected chi connectivity index (χ1v) is 5.19. The van der Waals surface area contributed by atoms with Crippen LogP contribution in [-0.2, 0) is 6.61 Å². The first-order valence-electron chi connectivity index (χ1n) is 4.81. The van der Waals surface area contributed by atoms with Gasteiger partial charge in [-0.2, -0.15) is 0 Å². The van der Waals surface area contributed by atoms with Crippen LogP contribution in [0.2, 0.25) is 5.02 Å². The molecule has 2 aromatic rings. The van der Waals surface area contributed by atoms with Crippen LogP contribution in [0, 0.1) is 5.21 Å². The van der Waals surface area contributed by atoms with Gasteiger partial charge in [-0.3, -0.25) is 0 Å². The summed E-state index contributed by atoms with van der Waals surface area (Å²) in [6, 6.07) is 12.3. The largest absolute Gasteiger partial charge is 0.616 e. The van der Waals surface area contributed by atoms with E-state index in [9.17, 15) is 5.21 Å². The summed E-state index contributed by atoms with van der Waals surface area (Å²) in [5, 5.41) is 11.9. The number of aromatic nitrogens is 1. The van der Waals surface area contributed by atoms with Crippen LogP contribution in [0.4, 0.5) is 0 Å². The Morgan fingerprint density at radius 3 is 2.56 bits per heavy atom. The number of rotatable bonds is 3. The topological polar surface area (TPSA) is 36.2 Å². The lowest BCUT2D eigenvalue weighted by molar-refractivity contribution is -0.613. The van der Waals surface area contributed by atoms with E-state index in [1.165, 1.54) is 6.20 Å². The molecule has 0 aliphatic rings. The van der Waals surface area contributed by atoms with E-state index >= 15 is 0 Å². The van der Waals surface area contributed by atoms with Crippen molar-refractivity contribution in [1.82, 2.24) is 0 Å². The molecule has 1 aromatic carbocycles. The summed E-state index contributed by atoms with van der Waals surface area (Å²) in [4.78, 5) is 0. The normalized spacial score (nSPS) is 10.1. The van der Waals surface area contributed by atoms with E-state index < -0.39 is 0 Å². The number of ether oxygens (including phenoxy) is 1. The second kappa shape index (κ2) is 4.86. The molecule has 0 radical (unpaired) electrons. The summed E-state index contributed by atoms with van der Waals surface area (Å²) in [5.41, 5.74) is 0.966. The lowest BCUT2D eigenvalue weighted by atomic mass is 10.2. The zero-order valence-corrected chi connectivity index (χ0v) is 9.22. The third-order valence-corrected chi connectivity index (χ3v) is 2.34. The van der Waals surface area contributed by atoms with Gasteiger partial charge in [0, 0.05) is 11.1 Å². The first kappa shape index (κ1) is 10.8. The van der Waals surface area contributed by atoms with Crippen LogP contribution in [0.1, 0.15) is 5.56 Å². The van der Waals surface area contributed by atoms with Crippen LogP contribution in [0.5, 0.6) is 5.88 Å². The van der Waals surface area contributed by atoms with Gasteiger partial charge in [0.15, 0.2) is 6.20 Å². The van der Waals surface area contributed by atoms with Gasteiger partial charge in [0.2, 0.25) is 0 Å². The van der Waals surface area contributed by atoms with Crippen molar-refractivity contribution in [2.24, 2.45) is 0 Å². The number of hydrogen-bond donors (Lipinski definition) is 0. The zero-order valence-electron chi connectivity index (χ0n) is 8.47. The SMILES string of the molecule is [O-][n+]1ccccc1OCc1ccc(Cl)cc1. The second-order valence-electron chi connectivity index (χ2n) is 3.28. The van der Waals surface area contributed by atoms with Crippen molar-refractivity contribution >= 4 is 11.6 Å². The van der Waals surface area contributed by atoms with Crippen LogP contribution in [0.25, 0.3) is 0 Å². The van der Waals surface area contributed by atoms with E-state index in [4.69, 9.17) is 16.3 Å². The highest BCUT2D eigenvalue weighted by molar-refractivity contribution is 6.30. The van der Waals surface area contributed by atoms with Crippen molar-refractivity contribution in [1.29, 1.82) is 0 Å². The van der Waals surface area contributed by atoms with Gasteiger partial charge in [-0.05, 0) is 23.8 Å². The Hall–Kier alpha value is -1.74. The average Bonchev–Trinajstić information content (AvgIpc) is 2.30. The van der Waals surface area contributed by atoms with Crippen molar-refractivity contribution in [2.45, 2.75) is 6.61 Å². The van der Waals surface area contributed by atoms with E-state index in [0.717, 1.165) is 5.56 Å². The molecule has 0 aliphatic carbocycles. The molecule has 0 bridgehead atoms. The van der Waals surface area contributed by atoms with Gasteiger partial charge in [0.05, 0.1) is 6.07 Å². The maximum Gasteiger partial charge on any atom is 0.379 e. The molecule has 0 atom stereocenters. The maximum atomic E-state index is 11.3. The molecule has 16 heavy (non-hydrogen) atoms. The van der Waals surface area contributed by atoms with Gasteiger partial charge in [-0.25, -0.2) is 0 Å². The van der Waals surface area contributed by atoms with E-state index in [0.29, 0.717) is 16.4 Å². The van der Waals surface area contributed by atoms with E-state index in [1.54, 1.807) is 30.3 Å². The maximum absolute atomic E-state index is 11.3. The third-order valence-electron chi connectivity index (χ3n) is 2.09. The van der Waals surface area contributed by atoms with Crippen molar-refractivity contribution in [3.8, 4) is 5.88 Å². The van der Waals surface area contributed by atoms with E-state index in [-0.39, 0.29) is 5.88 Å². The van der Waals surface area contributed by atoms with Crippen molar-refractivity contribution < 1.29 is 9.47 Å². The summed E-state index contributed by atoms with van der Waals surface area (Å²) in [7, 11) is 0. The molecule has 1 heterocycles. The second-order valence-corrected chi connectivity index (χ2v) is 3.72. The lowest BCUT2D eigenvalue weighted by Gasteiger charge is -2.05. The van der Waals surface area contributed by atoms with Gasteiger partial charge in [-0.15, -0.1) is 4.73 Å². The van der Waals surface area contributed by atoms with Crippen LogP contribution in [0.15, 0.2) is 48.7 Å². The van der Waals surface area contributed by atoms with Gasteiger partial charge in [0.25, 0.3) is 0 Å². The Balaban J connectivity index is 2.02.